The number of nitrogens with zero attached hydrogens (tertiary/aromatic N) is 2. The number of halogens is 1. The Kier molecular flexibility index (Phi) is 8.76. The maximum atomic E-state index is 13.1. The summed E-state index contributed by atoms with van der Waals surface area (Å²) < 4.78 is 0.515. The quantitative estimate of drug-likeness (QED) is 0.141. The number of nitrogens with one attached hydrogen (secondary N) is 2. The Morgan fingerprint density at radius 2 is 1.77 bits per heavy atom. The van der Waals surface area contributed by atoms with Gasteiger partial charge in [0.1, 0.15) is 23.7 Å². The Bertz CT molecular complexity index is 1490. The fourth-order valence-corrected chi connectivity index (χ4v) is 7.50. The first-order chi connectivity index (χ1) is 20.5. The zero-order valence-electron chi connectivity index (χ0n) is 23.0. The zero-order chi connectivity index (χ0) is 30.9. The van der Waals surface area contributed by atoms with Gasteiger partial charge in [0.05, 0.1) is 54.9 Å². The van der Waals surface area contributed by atoms with E-state index in [0.29, 0.717) is 34.5 Å². The van der Waals surface area contributed by atoms with E-state index in [2.05, 4.69) is 10.6 Å². The number of fused-ring (bicyclic) bond motifs is 1. The molecule has 0 aliphatic carbocycles. The molecular weight excluding hydrogens is 600 g/mol. The normalized spacial score (nSPS) is 20.8. The summed E-state index contributed by atoms with van der Waals surface area (Å²) in [5.74, 6) is -3.46. The third kappa shape index (κ3) is 6.24. The van der Waals surface area contributed by atoms with E-state index in [1.165, 1.54) is 40.9 Å². The first-order valence-corrected chi connectivity index (χ1v) is 15.2. The number of phenols is 3. The monoisotopic (exact) mass is 630 g/mol. The number of carbonyl (C=O) groups is 4. The molecule has 0 spiro atoms. The van der Waals surface area contributed by atoms with Gasteiger partial charge in [0.2, 0.25) is 5.91 Å². The average Bonchev–Trinajstić information content (AvgIpc) is 3.43. The van der Waals surface area contributed by atoms with E-state index in [1.807, 2.05) is 0 Å². The summed E-state index contributed by atoms with van der Waals surface area (Å²) in [6, 6.07) is 7.78. The van der Waals surface area contributed by atoms with E-state index >= 15 is 0 Å². The molecule has 14 heteroatoms. The summed E-state index contributed by atoms with van der Waals surface area (Å²) in [5.41, 5.74) is 1.09. The molecule has 2 atom stereocenters. The van der Waals surface area contributed by atoms with E-state index in [9.17, 15) is 39.6 Å². The average molecular weight is 631 g/mol. The molecule has 0 unspecified atom stereocenters. The van der Waals surface area contributed by atoms with Crippen LogP contribution in [0.4, 0.5) is 0 Å². The molecule has 0 saturated carbocycles. The molecule has 3 aliphatic heterocycles. The maximum absolute atomic E-state index is 13.1. The van der Waals surface area contributed by atoms with E-state index in [-0.39, 0.29) is 40.9 Å². The van der Waals surface area contributed by atoms with Crippen molar-refractivity contribution in [1.29, 1.82) is 0 Å². The molecule has 3 heterocycles. The molecule has 0 radical (unpaired) electrons. The van der Waals surface area contributed by atoms with Gasteiger partial charge in [-0.15, -0.1) is 11.8 Å². The number of carboxylic acids is 1. The molecule has 2 fully saturated rings. The Morgan fingerprint density at radius 1 is 1.07 bits per heavy atom. The van der Waals surface area contributed by atoms with Gasteiger partial charge in [-0.1, -0.05) is 23.7 Å². The molecule has 5 N–H and O–H groups in total. The lowest BCUT2D eigenvalue weighted by Crippen LogP contribution is -2.71. The number of phenolic OH excluding ortho intramolecular Hbond substituents is 3. The number of carboxylic acid groups (broad SMARTS) is 1. The fourth-order valence-electron chi connectivity index (χ4n) is 5.92. The molecule has 12 nitrogen and oxygen atoms in total. The van der Waals surface area contributed by atoms with Crippen molar-refractivity contribution >= 4 is 47.1 Å². The largest absolute Gasteiger partial charge is 0.543 e. The van der Waals surface area contributed by atoms with Crippen LogP contribution in [0.1, 0.15) is 28.8 Å². The Hall–Kier alpha value is -3.94. The van der Waals surface area contributed by atoms with Crippen LogP contribution in [-0.4, -0.2) is 98.3 Å². The molecule has 5 rings (SSSR count). The number of β-lactam (4-membered cyclic amide) rings is 1. The molecule has 2 aromatic rings. The fraction of sp³-hybridized carbons (Fsp3) is 0.379. The van der Waals surface area contributed by atoms with Gasteiger partial charge in [0, 0.05) is 24.2 Å². The highest BCUT2D eigenvalue weighted by Gasteiger charge is 2.53. The van der Waals surface area contributed by atoms with Gasteiger partial charge < -0.3 is 40.3 Å². The van der Waals surface area contributed by atoms with Crippen LogP contribution in [0, 0.1) is 0 Å². The first-order valence-electron chi connectivity index (χ1n) is 13.8. The lowest BCUT2D eigenvalue weighted by atomic mass is 10.0. The van der Waals surface area contributed by atoms with Gasteiger partial charge in [0.25, 0.3) is 11.8 Å². The van der Waals surface area contributed by atoms with Gasteiger partial charge in [-0.05, 0) is 29.8 Å². The summed E-state index contributed by atoms with van der Waals surface area (Å²) >= 11 is 7.40. The summed E-state index contributed by atoms with van der Waals surface area (Å²) in [5, 5.41) is 45.8. The Balaban J connectivity index is 1.24. The SMILES string of the molecule is O=C(Cc1ccc(O)cc1)N[C@@H]1C(=O)N2C(C(=O)[O-])=C(C[N+]3(CCNC(=O)c4ccc(O)c(O)c4Cl)CCCC3)CS[C@H]12. The number of hydrogen-bond acceptors (Lipinski definition) is 9. The van der Waals surface area contributed by atoms with Crippen LogP contribution >= 0.6 is 23.4 Å². The number of likely N-dealkylation sites (tertiary alicyclic amines) is 1. The third-order valence-corrected chi connectivity index (χ3v) is 9.83. The number of thioether (sulfide) groups is 1. The second-order valence-corrected chi connectivity index (χ2v) is 12.4. The van der Waals surface area contributed by atoms with Crippen molar-refractivity contribution in [3.05, 3.63) is 63.8 Å². The number of benzene rings is 2. The molecule has 3 amide bonds. The molecule has 0 aromatic heterocycles. The van der Waals surface area contributed by atoms with E-state index in [1.54, 1.807) is 12.1 Å². The molecule has 228 valence electrons. The minimum Gasteiger partial charge on any atom is -0.543 e. The highest BCUT2D eigenvalue weighted by Crippen LogP contribution is 2.41. The number of quaternary nitrogens is 1. The van der Waals surface area contributed by atoms with Crippen molar-refractivity contribution in [2.45, 2.75) is 30.7 Å². The van der Waals surface area contributed by atoms with Crippen LogP contribution in [0.25, 0.3) is 0 Å². The Morgan fingerprint density at radius 3 is 2.44 bits per heavy atom. The number of amides is 3. The standard InChI is InChI=1S/C29H31ClN4O8S/c30-22-19(7-8-20(36)25(22)38)26(39)31-9-12-34(10-1-2-11-34)14-17-15-43-28-23(27(40)33(28)24(17)29(41)42)32-21(37)13-16-3-5-18(35)6-4-16/h3-8,23,28H,1-2,9-15H2,(H5-,31,32,35,36,37,38,39,41,42)/t23-,28-/m1/s1. The molecule has 2 saturated heterocycles. The van der Waals surface area contributed by atoms with Crippen LogP contribution in [0.2, 0.25) is 5.02 Å². The second-order valence-electron chi connectivity index (χ2n) is 11.0. The second kappa shape index (κ2) is 12.3. The molecule has 3 aliphatic rings. The van der Waals surface area contributed by atoms with Crippen molar-refractivity contribution in [3.8, 4) is 17.2 Å². The van der Waals surface area contributed by atoms with Crippen LogP contribution in [0.15, 0.2) is 47.7 Å². The summed E-state index contributed by atoms with van der Waals surface area (Å²) in [7, 11) is 0. The Labute approximate surface area is 256 Å². The van der Waals surface area contributed by atoms with Crippen molar-refractivity contribution < 1.29 is 44.1 Å². The van der Waals surface area contributed by atoms with Gasteiger partial charge in [-0.2, -0.15) is 0 Å². The van der Waals surface area contributed by atoms with Crippen LogP contribution in [-0.2, 0) is 20.8 Å². The minimum atomic E-state index is -1.45. The van der Waals surface area contributed by atoms with E-state index < -0.39 is 40.7 Å². The van der Waals surface area contributed by atoms with Gasteiger partial charge in [0.15, 0.2) is 11.5 Å². The van der Waals surface area contributed by atoms with Gasteiger partial charge in [-0.25, -0.2) is 0 Å². The van der Waals surface area contributed by atoms with Crippen molar-refractivity contribution in [2.75, 3.05) is 38.5 Å². The summed E-state index contributed by atoms with van der Waals surface area (Å²) in [6.07, 6.45) is 1.85. The minimum absolute atomic E-state index is 0.00648. The van der Waals surface area contributed by atoms with Crippen LogP contribution < -0.4 is 15.7 Å². The summed E-state index contributed by atoms with van der Waals surface area (Å²) in [6.45, 7) is 2.63. The highest BCUT2D eigenvalue weighted by molar-refractivity contribution is 8.00. The predicted molar refractivity (Wildman–Crippen MR) is 155 cm³/mol. The lowest BCUT2D eigenvalue weighted by Gasteiger charge is -2.51. The topological polar surface area (TPSA) is 179 Å². The van der Waals surface area contributed by atoms with E-state index in [4.69, 9.17) is 11.6 Å². The number of rotatable bonds is 10. The zero-order valence-corrected chi connectivity index (χ0v) is 24.6. The molecule has 0 bridgehead atoms. The smallest absolute Gasteiger partial charge is 0.253 e. The maximum Gasteiger partial charge on any atom is 0.253 e. The third-order valence-electron chi connectivity index (χ3n) is 8.11. The predicted octanol–water partition coefficient (Wildman–Crippen LogP) is 0.444. The van der Waals surface area contributed by atoms with E-state index in [0.717, 1.165) is 25.9 Å². The molecular formula is C29H31ClN4O8S. The van der Waals surface area contributed by atoms with Crippen LogP contribution in [0.5, 0.6) is 17.2 Å². The lowest BCUT2D eigenvalue weighted by molar-refractivity contribution is -0.911. The van der Waals surface area contributed by atoms with Crippen LogP contribution in [0.3, 0.4) is 0 Å². The van der Waals surface area contributed by atoms with Crippen molar-refractivity contribution in [3.63, 3.8) is 0 Å². The number of hydrogen-bond donors (Lipinski definition) is 5. The number of aromatic hydroxyl groups is 3. The number of aliphatic carboxylic acids is 1. The van der Waals surface area contributed by atoms with Crippen molar-refractivity contribution in [1.82, 2.24) is 15.5 Å². The summed E-state index contributed by atoms with van der Waals surface area (Å²) in [4.78, 5) is 51.9. The van der Waals surface area contributed by atoms with Gasteiger partial charge >= 0.3 is 0 Å². The molecule has 2 aromatic carbocycles. The van der Waals surface area contributed by atoms with Crippen molar-refractivity contribution in [2.24, 2.45) is 0 Å². The number of carbonyl (C=O) groups excluding carboxylic acids is 4. The molecule has 43 heavy (non-hydrogen) atoms. The van der Waals surface area contributed by atoms with Gasteiger partial charge in [-0.3, -0.25) is 19.3 Å². The highest BCUT2D eigenvalue weighted by atomic mass is 35.5. The first kappa shape index (κ1) is 30.5.